The molecule has 3 aromatic rings. The van der Waals surface area contributed by atoms with Crippen LogP contribution in [0, 0.1) is 5.41 Å². The van der Waals surface area contributed by atoms with E-state index in [4.69, 9.17) is 5.41 Å². The van der Waals surface area contributed by atoms with E-state index in [1.807, 2.05) is 66.7 Å². The maximum absolute atomic E-state index is 12.0. The molecule has 3 rings (SSSR count). The van der Waals surface area contributed by atoms with Gasteiger partial charge in [-0.2, -0.15) is 5.10 Å². The van der Waals surface area contributed by atoms with Gasteiger partial charge < -0.3 is 10.6 Å². The van der Waals surface area contributed by atoms with Gasteiger partial charge in [-0.3, -0.25) is 20.4 Å². The number of hydrazone groups is 1. The van der Waals surface area contributed by atoms with Crippen LogP contribution in [0.15, 0.2) is 90.0 Å². The average molecular weight is 446 g/mol. The molecule has 0 radical (unpaired) electrons. The van der Waals surface area contributed by atoms with Crippen LogP contribution in [0.3, 0.4) is 0 Å². The van der Waals surface area contributed by atoms with Gasteiger partial charge in [0.2, 0.25) is 5.91 Å². The normalized spacial score (nSPS) is 10.8. The molecule has 0 aliphatic heterocycles. The highest BCUT2D eigenvalue weighted by Gasteiger charge is 2.10. The van der Waals surface area contributed by atoms with E-state index in [9.17, 15) is 9.59 Å². The predicted octanol–water partition coefficient (Wildman–Crippen LogP) is 4.10. The first-order chi connectivity index (χ1) is 15.7. The minimum absolute atomic E-state index is 0.0395. The van der Waals surface area contributed by atoms with Crippen molar-refractivity contribution >= 4 is 46.2 Å². The Morgan fingerprint density at radius 2 is 1.59 bits per heavy atom. The Labute approximate surface area is 190 Å². The second kappa shape index (κ2) is 12.1. The molecule has 8 heteroatoms. The molecular weight excluding hydrogens is 422 g/mol. The number of amides is 1. The molecule has 1 amide bonds. The largest absolute Gasteiger partial charge is 0.380 e. The summed E-state index contributed by atoms with van der Waals surface area (Å²) in [6, 6.07) is 26.3. The number of benzene rings is 3. The smallest absolute Gasteiger partial charge is 0.234 e. The van der Waals surface area contributed by atoms with E-state index in [0.717, 1.165) is 23.0 Å². The Kier molecular flexibility index (Phi) is 8.59. The molecule has 3 aromatic carbocycles. The van der Waals surface area contributed by atoms with Crippen LogP contribution in [0.25, 0.3) is 0 Å². The quantitative estimate of drug-likeness (QED) is 0.172. The molecular formula is C24H23N5O2S. The van der Waals surface area contributed by atoms with Gasteiger partial charge in [0.25, 0.3) is 0 Å². The van der Waals surface area contributed by atoms with E-state index >= 15 is 0 Å². The maximum atomic E-state index is 12.0. The van der Waals surface area contributed by atoms with Crippen molar-refractivity contribution in [2.45, 2.75) is 6.54 Å². The standard InChI is InChI=1S/C24H23N5O2S/c25-24(32-17-23(31)27-19-11-5-2-6-12-19)29-28-22(16-30)20-13-7-8-14-21(20)26-15-18-9-3-1-4-10-18/h1-14,16,26H,15,17H2,(H2,25,29)(H,27,31)/b28-22-. The lowest BCUT2D eigenvalue weighted by Gasteiger charge is -2.12. The highest BCUT2D eigenvalue weighted by Crippen LogP contribution is 2.17. The van der Waals surface area contributed by atoms with E-state index in [1.54, 1.807) is 18.2 Å². The number of thioether (sulfide) groups is 1. The summed E-state index contributed by atoms with van der Waals surface area (Å²) < 4.78 is 0. The monoisotopic (exact) mass is 445 g/mol. The molecule has 32 heavy (non-hydrogen) atoms. The number of rotatable bonds is 9. The lowest BCUT2D eigenvalue weighted by Crippen LogP contribution is -2.21. The van der Waals surface area contributed by atoms with Crippen LogP contribution in [0.2, 0.25) is 0 Å². The first kappa shape index (κ1) is 22.8. The van der Waals surface area contributed by atoms with Crippen LogP contribution in [-0.2, 0) is 16.1 Å². The van der Waals surface area contributed by atoms with Crippen LogP contribution in [0.1, 0.15) is 11.1 Å². The lowest BCUT2D eigenvalue weighted by molar-refractivity contribution is -0.113. The van der Waals surface area contributed by atoms with E-state index in [1.165, 1.54) is 0 Å². The summed E-state index contributed by atoms with van der Waals surface area (Å²) in [7, 11) is 0. The minimum atomic E-state index is -0.234. The van der Waals surface area contributed by atoms with Crippen LogP contribution in [-0.4, -0.2) is 28.8 Å². The third-order valence-corrected chi connectivity index (χ3v) is 5.11. The predicted molar refractivity (Wildman–Crippen MR) is 131 cm³/mol. The van der Waals surface area contributed by atoms with Gasteiger partial charge in [0.05, 0.1) is 5.75 Å². The van der Waals surface area contributed by atoms with Gasteiger partial charge in [0.15, 0.2) is 11.5 Å². The van der Waals surface area contributed by atoms with Crippen molar-refractivity contribution in [2.75, 3.05) is 16.4 Å². The first-order valence-corrected chi connectivity index (χ1v) is 10.9. The Balaban J connectivity index is 1.56. The van der Waals surface area contributed by atoms with Crippen molar-refractivity contribution in [1.29, 1.82) is 5.41 Å². The van der Waals surface area contributed by atoms with E-state index in [0.29, 0.717) is 24.1 Å². The van der Waals surface area contributed by atoms with Gasteiger partial charge in [-0.15, -0.1) is 0 Å². The number of para-hydroxylation sites is 2. The molecule has 0 heterocycles. The van der Waals surface area contributed by atoms with E-state index < -0.39 is 0 Å². The Morgan fingerprint density at radius 1 is 0.938 bits per heavy atom. The second-order valence-corrected chi connectivity index (χ2v) is 7.63. The van der Waals surface area contributed by atoms with Gasteiger partial charge in [-0.25, -0.2) is 0 Å². The molecule has 4 N–H and O–H groups in total. The highest BCUT2D eigenvalue weighted by atomic mass is 32.2. The molecule has 162 valence electrons. The molecule has 0 unspecified atom stereocenters. The highest BCUT2D eigenvalue weighted by molar-refractivity contribution is 8.14. The molecule has 0 aliphatic rings. The third kappa shape index (κ3) is 7.10. The molecule has 0 fully saturated rings. The van der Waals surface area contributed by atoms with Crippen molar-refractivity contribution in [3.05, 3.63) is 96.1 Å². The lowest BCUT2D eigenvalue weighted by atomic mass is 10.1. The summed E-state index contributed by atoms with van der Waals surface area (Å²) in [5.74, 6) is -0.190. The Morgan fingerprint density at radius 3 is 2.31 bits per heavy atom. The number of anilines is 2. The summed E-state index contributed by atoms with van der Waals surface area (Å²) in [5, 5.41) is 18.1. The van der Waals surface area contributed by atoms with Gasteiger partial charge in [0.1, 0.15) is 5.71 Å². The summed E-state index contributed by atoms with van der Waals surface area (Å²) in [5.41, 5.74) is 5.87. The van der Waals surface area contributed by atoms with Crippen molar-refractivity contribution in [3.63, 3.8) is 0 Å². The molecule has 0 saturated heterocycles. The Hall–Kier alpha value is -3.91. The zero-order valence-electron chi connectivity index (χ0n) is 17.2. The SMILES string of the molecule is N=C(N/N=C(/C=O)c1ccccc1NCc1ccccc1)SCC(=O)Nc1ccccc1. The number of nitrogens with one attached hydrogen (secondary N) is 4. The minimum Gasteiger partial charge on any atom is -0.380 e. The molecule has 0 atom stereocenters. The number of nitrogens with zero attached hydrogens (tertiary/aromatic N) is 1. The second-order valence-electron chi connectivity index (χ2n) is 6.64. The summed E-state index contributed by atoms with van der Waals surface area (Å²) in [6.45, 7) is 0.597. The van der Waals surface area contributed by atoms with Crippen molar-refractivity contribution in [3.8, 4) is 0 Å². The molecule has 0 bridgehead atoms. The fourth-order valence-electron chi connectivity index (χ4n) is 2.80. The molecule has 0 saturated carbocycles. The molecule has 7 nitrogen and oxygen atoms in total. The van der Waals surface area contributed by atoms with E-state index in [-0.39, 0.29) is 22.5 Å². The zero-order valence-corrected chi connectivity index (χ0v) is 18.1. The van der Waals surface area contributed by atoms with Crippen molar-refractivity contribution in [1.82, 2.24) is 5.43 Å². The number of aldehydes is 1. The average Bonchev–Trinajstić information content (AvgIpc) is 2.84. The van der Waals surface area contributed by atoms with Gasteiger partial charge in [0, 0.05) is 23.5 Å². The fraction of sp³-hybridized carbons (Fsp3) is 0.0833. The number of carbonyl (C=O) groups is 2. The zero-order chi connectivity index (χ0) is 22.6. The Bertz CT molecular complexity index is 1090. The number of amidine groups is 1. The van der Waals surface area contributed by atoms with Crippen molar-refractivity contribution in [2.24, 2.45) is 5.10 Å². The topological polar surface area (TPSA) is 106 Å². The first-order valence-electron chi connectivity index (χ1n) is 9.88. The van der Waals surface area contributed by atoms with Crippen LogP contribution < -0.4 is 16.1 Å². The summed E-state index contributed by atoms with van der Waals surface area (Å²) in [6.07, 6.45) is 0.635. The van der Waals surface area contributed by atoms with Gasteiger partial charge >= 0.3 is 0 Å². The number of carbonyl (C=O) groups excluding carboxylic acids is 2. The van der Waals surface area contributed by atoms with Crippen molar-refractivity contribution < 1.29 is 9.59 Å². The fourth-order valence-corrected chi connectivity index (χ4v) is 3.26. The molecule has 0 spiro atoms. The van der Waals surface area contributed by atoms with Crippen LogP contribution >= 0.6 is 11.8 Å². The van der Waals surface area contributed by atoms with Crippen LogP contribution in [0.4, 0.5) is 11.4 Å². The third-order valence-electron chi connectivity index (χ3n) is 4.32. The van der Waals surface area contributed by atoms with Gasteiger partial charge in [-0.1, -0.05) is 78.5 Å². The van der Waals surface area contributed by atoms with Gasteiger partial charge in [-0.05, 0) is 23.8 Å². The maximum Gasteiger partial charge on any atom is 0.234 e. The summed E-state index contributed by atoms with van der Waals surface area (Å²) in [4.78, 5) is 23.7. The number of hydrogen-bond donors (Lipinski definition) is 4. The molecule has 0 aromatic heterocycles. The number of hydrogen-bond acceptors (Lipinski definition) is 6. The molecule has 0 aliphatic carbocycles. The van der Waals surface area contributed by atoms with E-state index in [2.05, 4.69) is 21.2 Å². The summed E-state index contributed by atoms with van der Waals surface area (Å²) >= 11 is 0.985. The van der Waals surface area contributed by atoms with Crippen LogP contribution in [0.5, 0.6) is 0 Å².